The van der Waals surface area contributed by atoms with Crippen LogP contribution in [0.4, 0.5) is 35.1 Å². The minimum atomic E-state index is -5.01. The third kappa shape index (κ3) is 8.95. The molecule has 0 aliphatic carbocycles. The topological polar surface area (TPSA) is 67.4 Å². The van der Waals surface area contributed by atoms with E-state index in [2.05, 4.69) is 15.4 Å². The van der Waals surface area contributed by atoms with Gasteiger partial charge in [0, 0.05) is 30.2 Å². The summed E-state index contributed by atoms with van der Waals surface area (Å²) in [6.45, 7) is 3.56. The fourth-order valence-electron chi connectivity index (χ4n) is 5.25. The van der Waals surface area contributed by atoms with E-state index in [-0.39, 0.29) is 28.7 Å². The van der Waals surface area contributed by atoms with Crippen molar-refractivity contribution in [3.05, 3.63) is 136 Å². The SMILES string of the molecule is CCCCNC(=O)c1ccc([C@@](Cc2ccccc2)(NC(=O)c2ccc(C)c(C(F)(F)F)c2)c2cc(F)cc(OC(F)(F)C(F)F)c2)cc1. The van der Waals surface area contributed by atoms with Gasteiger partial charge in [-0.15, -0.1) is 0 Å². The van der Waals surface area contributed by atoms with Crippen LogP contribution >= 0.6 is 0 Å². The fraction of sp³-hybridized carbons (Fsp3) is 0.278. The minimum absolute atomic E-state index is 0.148. The van der Waals surface area contributed by atoms with Gasteiger partial charge in [0.2, 0.25) is 0 Å². The Kier molecular flexibility index (Phi) is 11.4. The van der Waals surface area contributed by atoms with E-state index >= 15 is 4.39 Å². The molecule has 0 spiro atoms. The van der Waals surface area contributed by atoms with Crippen LogP contribution < -0.4 is 15.4 Å². The van der Waals surface area contributed by atoms with Crippen LogP contribution in [-0.2, 0) is 18.1 Å². The average Bonchev–Trinajstić information content (AvgIpc) is 3.04. The smallest absolute Gasteiger partial charge is 0.428 e. The number of hydrogen-bond acceptors (Lipinski definition) is 3. The van der Waals surface area contributed by atoms with Gasteiger partial charge in [-0.05, 0) is 72.0 Å². The lowest BCUT2D eigenvalue weighted by molar-refractivity contribution is -0.253. The summed E-state index contributed by atoms with van der Waals surface area (Å²) in [5.41, 5.74) is -3.05. The van der Waals surface area contributed by atoms with Crippen LogP contribution in [0.3, 0.4) is 0 Å². The molecule has 4 rings (SSSR count). The van der Waals surface area contributed by atoms with Crippen LogP contribution in [0.5, 0.6) is 5.75 Å². The van der Waals surface area contributed by atoms with E-state index in [0.29, 0.717) is 24.2 Å². The Morgan fingerprint density at radius 2 is 1.45 bits per heavy atom. The molecule has 0 fully saturated rings. The van der Waals surface area contributed by atoms with Crippen molar-refractivity contribution in [1.29, 1.82) is 0 Å². The van der Waals surface area contributed by atoms with Crippen LogP contribution in [-0.4, -0.2) is 30.9 Å². The van der Waals surface area contributed by atoms with Gasteiger partial charge in [-0.1, -0.05) is 61.9 Å². The Balaban J connectivity index is 1.94. The van der Waals surface area contributed by atoms with Gasteiger partial charge in [0.25, 0.3) is 11.8 Å². The Labute approximate surface area is 277 Å². The second-order valence-corrected chi connectivity index (χ2v) is 11.4. The fourth-order valence-corrected chi connectivity index (χ4v) is 5.25. The van der Waals surface area contributed by atoms with E-state index in [1.54, 1.807) is 30.3 Å². The van der Waals surface area contributed by atoms with Crippen LogP contribution in [0.25, 0.3) is 0 Å². The summed E-state index contributed by atoms with van der Waals surface area (Å²) in [6, 6.07) is 18.9. The monoisotopic (exact) mass is 692 g/mol. The van der Waals surface area contributed by atoms with Gasteiger partial charge in [0.1, 0.15) is 11.6 Å². The number of halogens is 8. The van der Waals surface area contributed by atoms with Crippen molar-refractivity contribution in [3.8, 4) is 5.75 Å². The maximum absolute atomic E-state index is 15.2. The molecule has 0 bridgehead atoms. The number of amides is 2. The summed E-state index contributed by atoms with van der Waals surface area (Å²) in [5, 5.41) is 5.44. The van der Waals surface area contributed by atoms with E-state index in [0.717, 1.165) is 37.1 Å². The van der Waals surface area contributed by atoms with E-state index < -0.39 is 58.8 Å². The molecule has 5 nitrogen and oxygen atoms in total. The summed E-state index contributed by atoms with van der Waals surface area (Å²) in [6.07, 6.45) is -12.8. The Morgan fingerprint density at radius 3 is 2.06 bits per heavy atom. The van der Waals surface area contributed by atoms with Gasteiger partial charge >= 0.3 is 18.7 Å². The van der Waals surface area contributed by atoms with E-state index in [4.69, 9.17) is 0 Å². The Morgan fingerprint density at radius 1 is 0.796 bits per heavy atom. The first kappa shape index (κ1) is 36.9. The molecule has 0 unspecified atom stereocenters. The number of nitrogens with one attached hydrogen (secondary N) is 2. The van der Waals surface area contributed by atoms with Gasteiger partial charge in [-0.3, -0.25) is 9.59 Å². The third-order valence-electron chi connectivity index (χ3n) is 7.77. The molecular weight excluding hydrogens is 660 g/mol. The summed E-state index contributed by atoms with van der Waals surface area (Å²) in [7, 11) is 0. The van der Waals surface area contributed by atoms with Crippen LogP contribution in [0.15, 0.2) is 91.0 Å². The number of rotatable bonds is 13. The van der Waals surface area contributed by atoms with Crippen molar-refractivity contribution in [2.45, 2.75) is 57.4 Å². The van der Waals surface area contributed by atoms with Gasteiger partial charge in [-0.25, -0.2) is 4.39 Å². The third-order valence-corrected chi connectivity index (χ3v) is 7.77. The quantitative estimate of drug-likeness (QED) is 0.109. The number of ether oxygens (including phenoxy) is 1. The summed E-state index contributed by atoms with van der Waals surface area (Å²) in [4.78, 5) is 26.7. The predicted molar refractivity (Wildman–Crippen MR) is 166 cm³/mol. The first-order valence-corrected chi connectivity index (χ1v) is 15.1. The maximum atomic E-state index is 15.2. The first-order valence-electron chi connectivity index (χ1n) is 15.1. The van der Waals surface area contributed by atoms with Gasteiger partial charge in [0.15, 0.2) is 0 Å². The molecule has 0 saturated heterocycles. The zero-order valence-corrected chi connectivity index (χ0v) is 26.3. The lowest BCUT2D eigenvalue weighted by Crippen LogP contribution is -2.49. The standard InChI is InChI=1S/C36H32F8N2O3/c1-3-4-16-45-31(47)24-12-14-26(15-13-24)34(21-23-8-6-5-7-9-23,27-18-28(37)20-29(19-27)49-36(43,44)33(38)39)46-32(48)25-11-10-22(2)30(17-25)35(40,41)42/h5-15,17-20,33H,3-4,16,21H2,1-2H3,(H,45,47)(H,46,48)/t34-/m1/s1. The molecule has 4 aromatic rings. The molecular formula is C36H32F8N2O3. The minimum Gasteiger partial charge on any atom is -0.428 e. The lowest BCUT2D eigenvalue weighted by atomic mass is 9.77. The number of benzene rings is 4. The number of alkyl halides is 7. The van der Waals surface area contributed by atoms with Crippen molar-refractivity contribution in [2.24, 2.45) is 0 Å². The van der Waals surface area contributed by atoms with E-state index in [1.807, 2.05) is 6.92 Å². The number of unbranched alkanes of at least 4 members (excludes halogenated alkanes) is 1. The highest BCUT2D eigenvalue weighted by Crippen LogP contribution is 2.39. The van der Waals surface area contributed by atoms with Crippen LogP contribution in [0, 0.1) is 12.7 Å². The van der Waals surface area contributed by atoms with E-state index in [9.17, 15) is 40.3 Å². The van der Waals surface area contributed by atoms with E-state index in [1.165, 1.54) is 31.2 Å². The summed E-state index contributed by atoms with van der Waals surface area (Å²) < 4.78 is 115. The zero-order chi connectivity index (χ0) is 36.0. The molecule has 0 aromatic heterocycles. The predicted octanol–water partition coefficient (Wildman–Crippen LogP) is 8.84. The highest BCUT2D eigenvalue weighted by atomic mass is 19.4. The highest BCUT2D eigenvalue weighted by molar-refractivity contribution is 5.96. The van der Waals surface area contributed by atoms with Crippen molar-refractivity contribution >= 4 is 11.8 Å². The van der Waals surface area contributed by atoms with Gasteiger partial charge in [0.05, 0.1) is 11.1 Å². The molecule has 13 heteroatoms. The van der Waals surface area contributed by atoms with Gasteiger partial charge in [-0.2, -0.15) is 30.7 Å². The van der Waals surface area contributed by atoms with Crippen molar-refractivity contribution < 1.29 is 49.4 Å². The first-order chi connectivity index (χ1) is 23.1. The molecule has 0 heterocycles. The molecule has 2 amide bonds. The number of aryl methyl sites for hydroxylation is 1. The largest absolute Gasteiger partial charge is 0.461 e. The molecule has 0 aliphatic rings. The molecule has 0 radical (unpaired) electrons. The van der Waals surface area contributed by atoms with Crippen LogP contribution in [0.2, 0.25) is 0 Å². The molecule has 0 aliphatic heterocycles. The molecule has 1 atom stereocenters. The number of carbonyl (C=O) groups is 2. The lowest BCUT2D eigenvalue weighted by Gasteiger charge is -2.37. The van der Waals surface area contributed by atoms with Crippen molar-refractivity contribution in [1.82, 2.24) is 10.6 Å². The number of hydrogen-bond donors (Lipinski definition) is 2. The maximum Gasteiger partial charge on any atom is 0.461 e. The molecule has 0 saturated carbocycles. The highest BCUT2D eigenvalue weighted by Gasteiger charge is 2.45. The van der Waals surface area contributed by atoms with Crippen molar-refractivity contribution in [2.75, 3.05) is 6.54 Å². The molecule has 260 valence electrons. The normalized spacial score (nSPS) is 13.1. The van der Waals surface area contributed by atoms with Crippen molar-refractivity contribution in [3.63, 3.8) is 0 Å². The average molecular weight is 693 g/mol. The summed E-state index contributed by atoms with van der Waals surface area (Å²) >= 11 is 0. The zero-order valence-electron chi connectivity index (χ0n) is 26.3. The number of carbonyl (C=O) groups excluding carboxylic acids is 2. The summed E-state index contributed by atoms with van der Waals surface area (Å²) in [5.74, 6) is -3.69. The Bertz CT molecular complexity index is 1760. The second-order valence-electron chi connectivity index (χ2n) is 11.4. The molecule has 49 heavy (non-hydrogen) atoms. The second kappa shape index (κ2) is 15.1. The molecule has 4 aromatic carbocycles. The van der Waals surface area contributed by atoms with Gasteiger partial charge < -0.3 is 15.4 Å². The Hall–Kier alpha value is -4.94. The van der Waals surface area contributed by atoms with Crippen LogP contribution in [0.1, 0.15) is 68.3 Å². The molecule has 2 N–H and O–H groups in total.